The van der Waals surface area contributed by atoms with Crippen molar-refractivity contribution in [3.63, 3.8) is 0 Å². The fourth-order valence-electron chi connectivity index (χ4n) is 2.72. The summed E-state index contributed by atoms with van der Waals surface area (Å²) in [5, 5.41) is 5.24. The van der Waals surface area contributed by atoms with E-state index in [4.69, 9.17) is 19.9 Å². The number of carbonyl (C=O) groups is 1. The second-order valence-corrected chi connectivity index (χ2v) is 6.51. The second-order valence-electron chi connectivity index (χ2n) is 5.66. The fourth-order valence-corrected chi connectivity index (χ4v) is 3.44. The maximum absolute atomic E-state index is 12.3. The Bertz CT molecular complexity index is 749. The molecule has 1 fully saturated rings. The number of nitrogens with zero attached hydrogens (tertiary/aromatic N) is 1. The van der Waals surface area contributed by atoms with Crippen LogP contribution in [0.25, 0.3) is 11.3 Å². The van der Waals surface area contributed by atoms with Crippen LogP contribution >= 0.6 is 11.3 Å². The van der Waals surface area contributed by atoms with Gasteiger partial charge in [-0.15, -0.1) is 11.3 Å². The minimum Gasteiger partial charge on any atom is -0.493 e. The number of benzene rings is 1. The van der Waals surface area contributed by atoms with E-state index in [1.54, 1.807) is 14.2 Å². The summed E-state index contributed by atoms with van der Waals surface area (Å²) in [6.45, 7) is 0.435. The zero-order chi connectivity index (χ0) is 17.8. The van der Waals surface area contributed by atoms with E-state index in [9.17, 15) is 4.79 Å². The summed E-state index contributed by atoms with van der Waals surface area (Å²) >= 11 is 1.37. The van der Waals surface area contributed by atoms with Crippen LogP contribution in [-0.2, 0) is 9.53 Å². The lowest BCUT2D eigenvalue weighted by Gasteiger charge is -2.11. The molecule has 1 aromatic carbocycles. The zero-order valence-corrected chi connectivity index (χ0v) is 15.0. The lowest BCUT2D eigenvalue weighted by atomic mass is 10.1. The zero-order valence-electron chi connectivity index (χ0n) is 14.2. The Hall–Kier alpha value is -2.16. The monoisotopic (exact) mass is 363 g/mol. The van der Waals surface area contributed by atoms with Gasteiger partial charge < -0.3 is 19.9 Å². The third kappa shape index (κ3) is 3.92. The SMILES string of the molecule is COc1ccc(-c2csc(NC(=O)[C@@H]3CC[C@H](CN)O3)n2)cc1OC. The van der Waals surface area contributed by atoms with Crippen LogP contribution in [-0.4, -0.2) is 43.9 Å². The predicted octanol–water partition coefficient (Wildman–Crippen LogP) is 2.27. The molecule has 0 saturated carbocycles. The summed E-state index contributed by atoms with van der Waals surface area (Å²) < 4.78 is 16.2. The van der Waals surface area contributed by atoms with Gasteiger partial charge in [0, 0.05) is 17.5 Å². The van der Waals surface area contributed by atoms with Crippen molar-refractivity contribution in [3.8, 4) is 22.8 Å². The third-order valence-electron chi connectivity index (χ3n) is 4.08. The number of thiazole rings is 1. The molecule has 3 rings (SSSR count). The first kappa shape index (κ1) is 17.7. The van der Waals surface area contributed by atoms with E-state index in [1.807, 2.05) is 23.6 Å². The van der Waals surface area contributed by atoms with Crippen molar-refractivity contribution in [1.82, 2.24) is 4.98 Å². The Balaban J connectivity index is 1.69. The van der Waals surface area contributed by atoms with Crippen LogP contribution in [0.4, 0.5) is 5.13 Å². The van der Waals surface area contributed by atoms with E-state index in [0.29, 0.717) is 29.6 Å². The average Bonchev–Trinajstić information content (AvgIpc) is 3.30. The molecule has 1 amide bonds. The molecule has 1 aliphatic heterocycles. The van der Waals surface area contributed by atoms with Crippen molar-refractivity contribution in [2.75, 3.05) is 26.1 Å². The molecule has 0 unspecified atom stereocenters. The number of nitrogens with one attached hydrogen (secondary N) is 1. The number of methoxy groups -OCH3 is 2. The number of hydrogen-bond acceptors (Lipinski definition) is 7. The summed E-state index contributed by atoms with van der Waals surface area (Å²) in [7, 11) is 3.18. The van der Waals surface area contributed by atoms with Gasteiger partial charge in [0.15, 0.2) is 16.6 Å². The van der Waals surface area contributed by atoms with Crippen molar-refractivity contribution in [3.05, 3.63) is 23.6 Å². The summed E-state index contributed by atoms with van der Waals surface area (Å²) in [5.74, 6) is 1.11. The molecule has 2 aromatic rings. The van der Waals surface area contributed by atoms with Crippen molar-refractivity contribution in [2.45, 2.75) is 25.0 Å². The first-order valence-electron chi connectivity index (χ1n) is 7.99. The number of anilines is 1. The number of ether oxygens (including phenoxy) is 3. The molecule has 0 radical (unpaired) electrons. The van der Waals surface area contributed by atoms with Crippen LogP contribution in [0, 0.1) is 0 Å². The largest absolute Gasteiger partial charge is 0.493 e. The lowest BCUT2D eigenvalue weighted by Crippen LogP contribution is -2.29. The molecule has 3 N–H and O–H groups in total. The van der Waals surface area contributed by atoms with E-state index in [1.165, 1.54) is 11.3 Å². The highest BCUT2D eigenvalue weighted by Gasteiger charge is 2.30. The molecule has 0 aliphatic carbocycles. The first-order valence-corrected chi connectivity index (χ1v) is 8.87. The standard InChI is InChI=1S/C17H21N3O4S/c1-22-13-5-3-10(7-15(13)23-2)12-9-25-17(19-12)20-16(21)14-6-4-11(8-18)24-14/h3,5,7,9,11,14H,4,6,8,18H2,1-2H3,(H,19,20,21)/t11-,14+/m1/s1. The Labute approximate surface area is 150 Å². The van der Waals surface area contributed by atoms with Crippen molar-refractivity contribution in [1.29, 1.82) is 0 Å². The van der Waals surface area contributed by atoms with Gasteiger partial charge in [-0.1, -0.05) is 0 Å². The lowest BCUT2D eigenvalue weighted by molar-refractivity contribution is -0.126. The normalized spacial score (nSPS) is 19.6. The topological polar surface area (TPSA) is 95.7 Å². The van der Waals surface area contributed by atoms with Crippen molar-refractivity contribution < 1.29 is 19.0 Å². The molecule has 134 valence electrons. The van der Waals surface area contributed by atoms with Gasteiger partial charge in [0.25, 0.3) is 5.91 Å². The Morgan fingerprint density at radius 2 is 2.16 bits per heavy atom. The highest BCUT2D eigenvalue weighted by atomic mass is 32.1. The number of rotatable bonds is 6. The Kier molecular flexibility index (Phi) is 5.52. The Morgan fingerprint density at radius 1 is 1.36 bits per heavy atom. The predicted molar refractivity (Wildman–Crippen MR) is 96.2 cm³/mol. The molecule has 1 aliphatic rings. The van der Waals surface area contributed by atoms with E-state index < -0.39 is 6.10 Å². The van der Waals surface area contributed by atoms with Crippen LogP contribution in [0.5, 0.6) is 11.5 Å². The third-order valence-corrected chi connectivity index (χ3v) is 4.83. The summed E-state index contributed by atoms with van der Waals surface area (Å²) in [5.41, 5.74) is 7.22. The molecule has 0 bridgehead atoms. The maximum atomic E-state index is 12.3. The van der Waals surface area contributed by atoms with Gasteiger partial charge in [-0.05, 0) is 31.0 Å². The van der Waals surface area contributed by atoms with Gasteiger partial charge in [-0.3, -0.25) is 10.1 Å². The van der Waals surface area contributed by atoms with Crippen LogP contribution < -0.4 is 20.5 Å². The first-order chi connectivity index (χ1) is 12.1. The molecule has 0 spiro atoms. The van der Waals surface area contributed by atoms with Crippen LogP contribution in [0.15, 0.2) is 23.6 Å². The second kappa shape index (κ2) is 7.81. The van der Waals surface area contributed by atoms with E-state index in [2.05, 4.69) is 10.3 Å². The number of nitrogens with two attached hydrogens (primary N) is 1. The molecule has 25 heavy (non-hydrogen) atoms. The van der Waals surface area contributed by atoms with Crippen LogP contribution in [0.2, 0.25) is 0 Å². The quantitative estimate of drug-likeness (QED) is 0.817. The van der Waals surface area contributed by atoms with Crippen LogP contribution in [0.1, 0.15) is 12.8 Å². The van der Waals surface area contributed by atoms with Crippen LogP contribution in [0.3, 0.4) is 0 Å². The van der Waals surface area contributed by atoms with E-state index >= 15 is 0 Å². The van der Waals surface area contributed by atoms with Gasteiger partial charge >= 0.3 is 0 Å². The van der Waals surface area contributed by atoms with Gasteiger partial charge in [-0.25, -0.2) is 4.98 Å². The molecular formula is C17H21N3O4S. The molecule has 7 nitrogen and oxygen atoms in total. The van der Waals surface area contributed by atoms with Crippen molar-refractivity contribution in [2.24, 2.45) is 5.73 Å². The minimum atomic E-state index is -0.456. The minimum absolute atomic E-state index is 0.0330. The summed E-state index contributed by atoms with van der Waals surface area (Å²) in [4.78, 5) is 16.7. The van der Waals surface area contributed by atoms with Crippen molar-refractivity contribution >= 4 is 22.4 Å². The molecular weight excluding hydrogens is 342 g/mol. The molecule has 2 heterocycles. The Morgan fingerprint density at radius 3 is 2.84 bits per heavy atom. The maximum Gasteiger partial charge on any atom is 0.255 e. The van der Waals surface area contributed by atoms with Gasteiger partial charge in [-0.2, -0.15) is 0 Å². The van der Waals surface area contributed by atoms with Gasteiger partial charge in [0.2, 0.25) is 0 Å². The summed E-state index contributed by atoms with van der Waals surface area (Å²) in [6, 6.07) is 5.57. The van der Waals surface area contributed by atoms with Gasteiger partial charge in [0.05, 0.1) is 26.0 Å². The van der Waals surface area contributed by atoms with Gasteiger partial charge in [0.1, 0.15) is 6.10 Å². The molecule has 1 saturated heterocycles. The molecule has 8 heteroatoms. The number of aromatic nitrogens is 1. The number of amides is 1. The number of carbonyl (C=O) groups excluding carboxylic acids is 1. The molecule has 2 atom stereocenters. The highest BCUT2D eigenvalue weighted by molar-refractivity contribution is 7.14. The highest BCUT2D eigenvalue weighted by Crippen LogP contribution is 2.33. The fraction of sp³-hybridized carbons (Fsp3) is 0.412. The number of hydrogen-bond donors (Lipinski definition) is 2. The van der Waals surface area contributed by atoms with E-state index in [0.717, 1.165) is 17.7 Å². The average molecular weight is 363 g/mol. The molecule has 1 aromatic heterocycles. The van der Waals surface area contributed by atoms with E-state index in [-0.39, 0.29) is 12.0 Å². The summed E-state index contributed by atoms with van der Waals surface area (Å²) in [6.07, 6.45) is 1.00. The smallest absolute Gasteiger partial charge is 0.255 e.